The molecule has 0 spiro atoms. The molecule has 1 aliphatic rings. The fraction of sp³-hybridized carbons (Fsp3) is 0.938. The van der Waals surface area contributed by atoms with Crippen molar-refractivity contribution in [2.75, 3.05) is 19.6 Å². The Balaban J connectivity index is 2.36. The first-order chi connectivity index (χ1) is 9.31. The number of hydrogen-bond acceptors (Lipinski definition) is 3. The topological polar surface area (TPSA) is 55.6 Å². The highest BCUT2D eigenvalue weighted by molar-refractivity contribution is 5.68. The minimum Gasteiger partial charge on any atom is -0.444 e. The zero-order valence-electron chi connectivity index (χ0n) is 13.7. The molecular weight excluding hydrogens is 252 g/mol. The highest BCUT2D eigenvalue weighted by Crippen LogP contribution is 2.25. The van der Waals surface area contributed by atoms with E-state index in [1.54, 1.807) is 0 Å². The maximum atomic E-state index is 12.1. The number of ether oxygens (including phenoxy) is 1. The van der Waals surface area contributed by atoms with E-state index in [4.69, 9.17) is 10.5 Å². The monoisotopic (exact) mass is 284 g/mol. The third-order valence-electron chi connectivity index (χ3n) is 3.90. The average molecular weight is 284 g/mol. The number of carbonyl (C=O) groups excluding carboxylic acids is 1. The lowest BCUT2D eigenvalue weighted by Gasteiger charge is -2.34. The summed E-state index contributed by atoms with van der Waals surface area (Å²) < 4.78 is 5.46. The van der Waals surface area contributed by atoms with Crippen LogP contribution in [0.25, 0.3) is 0 Å². The molecule has 0 aliphatic carbocycles. The van der Waals surface area contributed by atoms with E-state index in [-0.39, 0.29) is 6.09 Å². The van der Waals surface area contributed by atoms with Crippen LogP contribution in [0, 0.1) is 11.8 Å². The summed E-state index contributed by atoms with van der Waals surface area (Å²) in [5.74, 6) is 1.31. The van der Waals surface area contributed by atoms with Gasteiger partial charge in [-0.2, -0.15) is 0 Å². The minimum atomic E-state index is -0.403. The minimum absolute atomic E-state index is 0.155. The summed E-state index contributed by atoms with van der Waals surface area (Å²) in [5, 5.41) is 0. The van der Waals surface area contributed by atoms with Crippen molar-refractivity contribution in [2.24, 2.45) is 17.6 Å². The Kier molecular flexibility index (Phi) is 6.80. The second-order valence-corrected chi connectivity index (χ2v) is 7.19. The van der Waals surface area contributed by atoms with Crippen LogP contribution < -0.4 is 5.73 Å². The van der Waals surface area contributed by atoms with Crippen molar-refractivity contribution in [1.29, 1.82) is 0 Å². The number of nitrogens with two attached hydrogens (primary N) is 1. The largest absolute Gasteiger partial charge is 0.444 e. The first-order valence-electron chi connectivity index (χ1n) is 8.00. The highest BCUT2D eigenvalue weighted by atomic mass is 16.6. The number of rotatable bonds is 5. The van der Waals surface area contributed by atoms with E-state index in [0.29, 0.717) is 11.8 Å². The van der Waals surface area contributed by atoms with Crippen LogP contribution in [0.15, 0.2) is 0 Å². The van der Waals surface area contributed by atoms with E-state index in [0.717, 1.165) is 32.5 Å². The second-order valence-electron chi connectivity index (χ2n) is 7.19. The third kappa shape index (κ3) is 6.60. The summed E-state index contributed by atoms with van der Waals surface area (Å²) in [6.45, 7) is 10.5. The number of likely N-dealkylation sites (tertiary alicyclic amines) is 1. The first-order valence-corrected chi connectivity index (χ1v) is 8.00. The van der Waals surface area contributed by atoms with Gasteiger partial charge < -0.3 is 15.4 Å². The maximum Gasteiger partial charge on any atom is 0.410 e. The lowest BCUT2D eigenvalue weighted by Crippen LogP contribution is -2.42. The first kappa shape index (κ1) is 17.3. The van der Waals surface area contributed by atoms with Gasteiger partial charge in [0.15, 0.2) is 0 Å². The Morgan fingerprint density at radius 1 is 1.40 bits per heavy atom. The molecule has 0 saturated carbocycles. The van der Waals surface area contributed by atoms with Gasteiger partial charge in [-0.25, -0.2) is 4.79 Å². The fourth-order valence-corrected chi connectivity index (χ4v) is 2.74. The van der Waals surface area contributed by atoms with Gasteiger partial charge in [-0.3, -0.25) is 0 Å². The van der Waals surface area contributed by atoms with Crippen LogP contribution in [0.2, 0.25) is 0 Å². The molecule has 0 bridgehead atoms. The van der Waals surface area contributed by atoms with Gasteiger partial charge in [0, 0.05) is 13.1 Å². The van der Waals surface area contributed by atoms with Crippen molar-refractivity contribution in [1.82, 2.24) is 4.90 Å². The molecule has 1 saturated heterocycles. The van der Waals surface area contributed by atoms with Crippen LogP contribution >= 0.6 is 0 Å². The van der Waals surface area contributed by atoms with Crippen LogP contribution in [0.1, 0.15) is 59.8 Å². The summed E-state index contributed by atoms with van der Waals surface area (Å²) in [4.78, 5) is 14.0. The van der Waals surface area contributed by atoms with Gasteiger partial charge in [-0.1, -0.05) is 13.3 Å². The molecule has 2 unspecified atom stereocenters. The number of piperidine rings is 1. The zero-order valence-corrected chi connectivity index (χ0v) is 13.7. The maximum absolute atomic E-state index is 12.1. The Morgan fingerprint density at radius 3 is 2.70 bits per heavy atom. The summed E-state index contributed by atoms with van der Waals surface area (Å²) in [5.41, 5.74) is 5.19. The van der Waals surface area contributed by atoms with Crippen LogP contribution in [0.4, 0.5) is 4.79 Å². The molecule has 4 heteroatoms. The van der Waals surface area contributed by atoms with Crippen molar-refractivity contribution in [3.8, 4) is 0 Å². The molecule has 1 fully saturated rings. The van der Waals surface area contributed by atoms with Crippen molar-refractivity contribution < 1.29 is 9.53 Å². The molecule has 2 N–H and O–H groups in total. The fourth-order valence-electron chi connectivity index (χ4n) is 2.74. The number of nitrogens with zero attached hydrogens (tertiary/aromatic N) is 1. The molecule has 1 aliphatic heterocycles. The molecule has 2 atom stereocenters. The quantitative estimate of drug-likeness (QED) is 0.842. The lowest BCUT2D eigenvalue weighted by atomic mass is 9.89. The molecule has 0 aromatic heterocycles. The Bertz CT molecular complexity index is 299. The van der Waals surface area contributed by atoms with E-state index in [2.05, 4.69) is 6.92 Å². The Labute approximate surface area is 124 Å². The average Bonchev–Trinajstić information content (AvgIpc) is 2.35. The highest BCUT2D eigenvalue weighted by Gasteiger charge is 2.27. The molecule has 0 aromatic carbocycles. The van der Waals surface area contributed by atoms with Gasteiger partial charge in [0.25, 0.3) is 0 Å². The van der Waals surface area contributed by atoms with E-state index < -0.39 is 5.60 Å². The molecule has 20 heavy (non-hydrogen) atoms. The molecule has 1 amide bonds. The van der Waals surface area contributed by atoms with E-state index >= 15 is 0 Å². The van der Waals surface area contributed by atoms with Crippen LogP contribution in [0.5, 0.6) is 0 Å². The van der Waals surface area contributed by atoms with Gasteiger partial charge in [0.1, 0.15) is 5.60 Å². The second kappa shape index (κ2) is 7.87. The summed E-state index contributed by atoms with van der Waals surface area (Å²) >= 11 is 0. The molecule has 1 heterocycles. The van der Waals surface area contributed by atoms with Crippen LogP contribution in [0.3, 0.4) is 0 Å². The summed E-state index contributed by atoms with van der Waals surface area (Å²) in [6, 6.07) is 0. The standard InChI is InChI=1S/C16H32N2O2/c1-13(9-10-17)7-8-14-6-5-11-18(12-14)15(19)20-16(2,3)4/h13-14H,5-12,17H2,1-4H3. The number of carbonyl (C=O) groups is 1. The normalized spacial score (nSPS) is 21.6. The predicted molar refractivity (Wildman–Crippen MR) is 82.6 cm³/mol. The molecule has 118 valence electrons. The zero-order chi connectivity index (χ0) is 15.2. The molecule has 1 rings (SSSR count). The van der Waals surface area contributed by atoms with E-state index in [1.165, 1.54) is 19.3 Å². The molecular formula is C16H32N2O2. The molecule has 0 aromatic rings. The van der Waals surface area contributed by atoms with Crippen LogP contribution in [-0.2, 0) is 4.74 Å². The van der Waals surface area contributed by atoms with Crippen LogP contribution in [-0.4, -0.2) is 36.2 Å². The van der Waals surface area contributed by atoms with E-state index in [1.807, 2.05) is 25.7 Å². The van der Waals surface area contributed by atoms with Crippen molar-refractivity contribution in [3.05, 3.63) is 0 Å². The van der Waals surface area contributed by atoms with Crippen molar-refractivity contribution in [2.45, 2.75) is 65.4 Å². The predicted octanol–water partition coefficient (Wildman–Crippen LogP) is 3.40. The number of hydrogen-bond donors (Lipinski definition) is 1. The van der Waals surface area contributed by atoms with Gasteiger partial charge in [-0.05, 0) is 64.8 Å². The number of amides is 1. The summed E-state index contributed by atoms with van der Waals surface area (Å²) in [6.07, 6.45) is 5.67. The van der Waals surface area contributed by atoms with Gasteiger partial charge in [0.05, 0.1) is 0 Å². The summed E-state index contributed by atoms with van der Waals surface area (Å²) in [7, 11) is 0. The SMILES string of the molecule is CC(CCN)CCC1CCCN(C(=O)OC(C)(C)C)C1. The van der Waals surface area contributed by atoms with Crippen molar-refractivity contribution in [3.63, 3.8) is 0 Å². The van der Waals surface area contributed by atoms with E-state index in [9.17, 15) is 4.79 Å². The molecule has 0 radical (unpaired) electrons. The lowest BCUT2D eigenvalue weighted by molar-refractivity contribution is 0.0159. The smallest absolute Gasteiger partial charge is 0.410 e. The third-order valence-corrected chi connectivity index (χ3v) is 3.90. The van der Waals surface area contributed by atoms with Gasteiger partial charge in [0.2, 0.25) is 0 Å². The van der Waals surface area contributed by atoms with Gasteiger partial charge >= 0.3 is 6.09 Å². The molecule has 4 nitrogen and oxygen atoms in total. The Morgan fingerprint density at radius 2 is 2.10 bits per heavy atom. The Hall–Kier alpha value is -0.770. The van der Waals surface area contributed by atoms with Crippen molar-refractivity contribution >= 4 is 6.09 Å². The van der Waals surface area contributed by atoms with Gasteiger partial charge in [-0.15, -0.1) is 0 Å².